The van der Waals surface area contributed by atoms with Crippen molar-refractivity contribution in [2.45, 2.75) is 33.2 Å². The molecule has 1 aromatic rings. The smallest absolute Gasteiger partial charge is 0.323 e. The first-order valence-corrected chi connectivity index (χ1v) is 6.16. The molecular formula is C13H18ClNO3. The fourth-order valence-corrected chi connectivity index (χ4v) is 2.01. The van der Waals surface area contributed by atoms with Crippen molar-refractivity contribution in [3.05, 3.63) is 27.8 Å². The molecule has 4 nitrogen and oxygen atoms in total. The van der Waals surface area contributed by atoms with Crippen LogP contribution in [0.25, 0.3) is 0 Å². The van der Waals surface area contributed by atoms with Crippen LogP contribution in [0.4, 0.5) is 0 Å². The molecule has 0 bridgehead atoms. The first-order valence-electron chi connectivity index (χ1n) is 5.78. The Labute approximate surface area is 112 Å². The van der Waals surface area contributed by atoms with Crippen molar-refractivity contribution >= 4 is 17.6 Å². The summed E-state index contributed by atoms with van der Waals surface area (Å²) in [4.78, 5) is 11.5. The highest BCUT2D eigenvalue weighted by molar-refractivity contribution is 6.31. The lowest BCUT2D eigenvalue weighted by atomic mass is 9.97. The van der Waals surface area contributed by atoms with Gasteiger partial charge in [-0.2, -0.15) is 0 Å². The number of aromatic hydroxyl groups is 1. The van der Waals surface area contributed by atoms with E-state index in [-0.39, 0.29) is 18.8 Å². The van der Waals surface area contributed by atoms with Gasteiger partial charge in [0.2, 0.25) is 0 Å². The highest BCUT2D eigenvalue weighted by Gasteiger charge is 2.20. The first kappa shape index (κ1) is 14.8. The van der Waals surface area contributed by atoms with E-state index in [1.54, 1.807) is 26.8 Å². The van der Waals surface area contributed by atoms with E-state index in [1.807, 2.05) is 0 Å². The zero-order chi connectivity index (χ0) is 13.9. The van der Waals surface area contributed by atoms with E-state index in [9.17, 15) is 9.90 Å². The van der Waals surface area contributed by atoms with Gasteiger partial charge in [-0.15, -0.1) is 0 Å². The van der Waals surface area contributed by atoms with Crippen LogP contribution in [0.1, 0.15) is 23.6 Å². The molecule has 0 aliphatic rings. The highest BCUT2D eigenvalue weighted by atomic mass is 35.5. The third kappa shape index (κ3) is 3.15. The number of halogens is 1. The number of hydrogen-bond donors (Lipinski definition) is 2. The van der Waals surface area contributed by atoms with Crippen molar-refractivity contribution < 1.29 is 14.6 Å². The Balaban J connectivity index is 3.00. The van der Waals surface area contributed by atoms with Crippen LogP contribution in [0.3, 0.4) is 0 Å². The topological polar surface area (TPSA) is 72.5 Å². The minimum Gasteiger partial charge on any atom is -0.507 e. The molecule has 1 rings (SSSR count). The number of phenolic OH excluding ortho intramolecular Hbond substituents is 1. The highest BCUT2D eigenvalue weighted by Crippen LogP contribution is 2.31. The zero-order valence-corrected chi connectivity index (χ0v) is 11.5. The molecule has 0 saturated carbocycles. The molecule has 0 aliphatic heterocycles. The van der Waals surface area contributed by atoms with Crippen molar-refractivity contribution in [1.82, 2.24) is 0 Å². The van der Waals surface area contributed by atoms with Crippen LogP contribution in [0, 0.1) is 13.8 Å². The molecule has 18 heavy (non-hydrogen) atoms. The third-order valence-electron chi connectivity index (χ3n) is 2.83. The van der Waals surface area contributed by atoms with Crippen molar-refractivity contribution in [1.29, 1.82) is 0 Å². The summed E-state index contributed by atoms with van der Waals surface area (Å²) in [5.74, 6) is -0.342. The summed E-state index contributed by atoms with van der Waals surface area (Å²) in [7, 11) is 0. The van der Waals surface area contributed by atoms with Crippen molar-refractivity contribution in [2.24, 2.45) is 5.73 Å². The maximum atomic E-state index is 11.5. The molecule has 0 saturated heterocycles. The average molecular weight is 272 g/mol. The summed E-state index contributed by atoms with van der Waals surface area (Å²) in [6.45, 7) is 5.54. The minimum absolute atomic E-state index is 0.136. The van der Waals surface area contributed by atoms with Gasteiger partial charge in [-0.25, -0.2) is 0 Å². The van der Waals surface area contributed by atoms with E-state index < -0.39 is 12.0 Å². The summed E-state index contributed by atoms with van der Waals surface area (Å²) >= 11 is 6.05. The number of carbonyl (C=O) groups excluding carboxylic acids is 1. The molecule has 0 spiro atoms. The van der Waals surface area contributed by atoms with Gasteiger partial charge in [-0.05, 0) is 38.0 Å². The summed E-state index contributed by atoms with van der Waals surface area (Å²) in [6.07, 6.45) is 0.206. The van der Waals surface area contributed by atoms with E-state index in [2.05, 4.69) is 0 Å². The van der Waals surface area contributed by atoms with Gasteiger partial charge in [0.15, 0.2) is 0 Å². The number of nitrogens with two attached hydrogens (primary N) is 1. The van der Waals surface area contributed by atoms with E-state index in [0.717, 1.165) is 5.56 Å². The Bertz CT molecular complexity index is 434. The van der Waals surface area contributed by atoms with Gasteiger partial charge in [0.1, 0.15) is 11.8 Å². The number of hydrogen-bond acceptors (Lipinski definition) is 4. The van der Waals surface area contributed by atoms with Gasteiger partial charge >= 0.3 is 5.97 Å². The van der Waals surface area contributed by atoms with Gasteiger partial charge < -0.3 is 15.6 Å². The molecule has 1 unspecified atom stereocenters. The second-order valence-electron chi connectivity index (χ2n) is 4.19. The van der Waals surface area contributed by atoms with Crippen LogP contribution in [0.5, 0.6) is 5.75 Å². The lowest BCUT2D eigenvalue weighted by Crippen LogP contribution is -2.34. The lowest BCUT2D eigenvalue weighted by Gasteiger charge is -2.16. The molecule has 1 atom stereocenters. The number of phenols is 1. The summed E-state index contributed by atoms with van der Waals surface area (Å²) in [6, 6.07) is 0.887. The van der Waals surface area contributed by atoms with Gasteiger partial charge in [0, 0.05) is 17.0 Å². The van der Waals surface area contributed by atoms with Crippen molar-refractivity contribution in [2.75, 3.05) is 6.61 Å². The molecular weight excluding hydrogens is 254 g/mol. The Morgan fingerprint density at radius 3 is 2.72 bits per heavy atom. The molecule has 0 aromatic heterocycles. The van der Waals surface area contributed by atoms with Crippen LogP contribution < -0.4 is 5.73 Å². The maximum Gasteiger partial charge on any atom is 0.323 e. The third-order valence-corrected chi connectivity index (χ3v) is 3.22. The zero-order valence-electron chi connectivity index (χ0n) is 10.8. The first-order chi connectivity index (χ1) is 8.38. The van der Waals surface area contributed by atoms with Crippen LogP contribution in [-0.2, 0) is 16.0 Å². The quantitative estimate of drug-likeness (QED) is 0.823. The second-order valence-corrected chi connectivity index (χ2v) is 4.60. The van der Waals surface area contributed by atoms with Crippen molar-refractivity contribution in [3.63, 3.8) is 0 Å². The molecule has 0 radical (unpaired) electrons. The predicted octanol–water partition coefficient (Wildman–Crippen LogP) is 2.10. The number of aryl methyl sites for hydroxylation is 1. The maximum absolute atomic E-state index is 11.5. The molecule has 0 heterocycles. The minimum atomic E-state index is -0.799. The monoisotopic (exact) mass is 271 g/mol. The summed E-state index contributed by atoms with van der Waals surface area (Å²) in [5.41, 5.74) is 7.74. The van der Waals surface area contributed by atoms with Gasteiger partial charge in [0.05, 0.1) is 6.61 Å². The number of ether oxygens (including phenoxy) is 1. The van der Waals surface area contributed by atoms with Gasteiger partial charge in [-0.3, -0.25) is 4.79 Å². The summed E-state index contributed by atoms with van der Waals surface area (Å²) < 4.78 is 4.84. The molecule has 100 valence electrons. The van der Waals surface area contributed by atoms with Crippen LogP contribution in [0.2, 0.25) is 5.02 Å². The Hall–Kier alpha value is -1.26. The number of benzene rings is 1. The second kappa shape index (κ2) is 6.07. The molecule has 3 N–H and O–H groups in total. The largest absolute Gasteiger partial charge is 0.507 e. The van der Waals surface area contributed by atoms with E-state index in [1.165, 1.54) is 0 Å². The molecule has 0 amide bonds. The Kier molecular flexibility index (Phi) is 4.99. The lowest BCUT2D eigenvalue weighted by molar-refractivity contribution is -0.144. The fourth-order valence-electron chi connectivity index (χ4n) is 1.73. The van der Waals surface area contributed by atoms with Crippen LogP contribution in [-0.4, -0.2) is 23.7 Å². The molecule has 5 heteroatoms. The van der Waals surface area contributed by atoms with Gasteiger partial charge in [0.25, 0.3) is 0 Å². The van der Waals surface area contributed by atoms with E-state index in [0.29, 0.717) is 16.1 Å². The number of rotatable bonds is 4. The average Bonchev–Trinajstić information content (AvgIpc) is 2.32. The normalized spacial score (nSPS) is 12.3. The SMILES string of the molecule is CCOC(=O)C(N)Cc1c(C)c(Cl)cc(C)c1O. The number of carbonyl (C=O) groups is 1. The standard InChI is InChI=1S/C13H18ClNO3/c1-4-18-13(17)11(15)6-9-8(3)10(14)5-7(2)12(9)16/h5,11,16H,4,6,15H2,1-3H3. The molecule has 0 fully saturated rings. The molecule has 1 aromatic carbocycles. The summed E-state index contributed by atoms with van der Waals surface area (Å²) in [5, 5.41) is 10.5. The Morgan fingerprint density at radius 2 is 2.17 bits per heavy atom. The van der Waals surface area contributed by atoms with Crippen molar-refractivity contribution in [3.8, 4) is 5.75 Å². The molecule has 0 aliphatic carbocycles. The van der Waals surface area contributed by atoms with E-state index in [4.69, 9.17) is 22.1 Å². The Morgan fingerprint density at radius 1 is 1.56 bits per heavy atom. The van der Waals surface area contributed by atoms with E-state index >= 15 is 0 Å². The van der Waals surface area contributed by atoms with Crippen LogP contribution in [0.15, 0.2) is 6.07 Å². The van der Waals surface area contributed by atoms with Gasteiger partial charge in [-0.1, -0.05) is 11.6 Å². The predicted molar refractivity (Wildman–Crippen MR) is 70.9 cm³/mol. The fraction of sp³-hybridized carbons (Fsp3) is 0.462. The number of esters is 1. The van der Waals surface area contributed by atoms with Crippen LogP contribution >= 0.6 is 11.6 Å².